The van der Waals surface area contributed by atoms with Gasteiger partial charge in [-0.2, -0.15) is 0 Å². The van der Waals surface area contributed by atoms with Crippen LogP contribution in [0.1, 0.15) is 10.4 Å². The lowest BCUT2D eigenvalue weighted by atomic mass is 10.2. The highest BCUT2D eigenvalue weighted by Gasteiger charge is 2.10. The number of benzene rings is 1. The molecule has 6 heteroatoms. The number of nitrogens with zero attached hydrogens (tertiary/aromatic N) is 2. The third-order valence-electron chi connectivity index (χ3n) is 1.99. The zero-order chi connectivity index (χ0) is 12.3. The van der Waals surface area contributed by atoms with E-state index in [0.717, 1.165) is 0 Å². The highest BCUT2D eigenvalue weighted by Crippen LogP contribution is 2.21. The number of aromatic nitrogens is 2. The van der Waals surface area contributed by atoms with Crippen LogP contribution in [0, 0.1) is 0 Å². The van der Waals surface area contributed by atoms with Crippen molar-refractivity contribution < 1.29 is 4.79 Å². The molecule has 1 aromatic carbocycles. The fraction of sp³-hybridized carbons (Fsp3) is 0. The molecule has 1 aromatic heterocycles. The summed E-state index contributed by atoms with van der Waals surface area (Å²) in [6.07, 6.45) is 4.37. The standard InChI is InChI=1S/C11H7Cl2N3O/c12-7-1-2-9(10(13)3-7)11(17)16-8-4-14-6-15-5-8/h1-6H,(H,16,17). The fourth-order valence-corrected chi connectivity index (χ4v) is 1.73. The lowest BCUT2D eigenvalue weighted by Crippen LogP contribution is -2.12. The van der Waals surface area contributed by atoms with E-state index in [1.54, 1.807) is 12.1 Å². The summed E-state index contributed by atoms with van der Waals surface area (Å²) in [5.74, 6) is -0.332. The van der Waals surface area contributed by atoms with E-state index >= 15 is 0 Å². The topological polar surface area (TPSA) is 54.9 Å². The highest BCUT2D eigenvalue weighted by atomic mass is 35.5. The Bertz CT molecular complexity index is 546. The smallest absolute Gasteiger partial charge is 0.257 e. The largest absolute Gasteiger partial charge is 0.319 e. The predicted molar refractivity (Wildman–Crippen MR) is 66.4 cm³/mol. The van der Waals surface area contributed by atoms with Crippen LogP contribution in [0.3, 0.4) is 0 Å². The van der Waals surface area contributed by atoms with Gasteiger partial charge in [0, 0.05) is 5.02 Å². The first-order valence-electron chi connectivity index (χ1n) is 4.68. The Labute approximate surface area is 108 Å². The second-order valence-electron chi connectivity index (χ2n) is 3.21. The van der Waals surface area contributed by atoms with Gasteiger partial charge in [-0.3, -0.25) is 4.79 Å². The maximum atomic E-state index is 11.9. The van der Waals surface area contributed by atoms with Gasteiger partial charge in [0.15, 0.2) is 0 Å². The van der Waals surface area contributed by atoms with Crippen LogP contribution >= 0.6 is 23.2 Å². The SMILES string of the molecule is O=C(Nc1cncnc1)c1ccc(Cl)cc1Cl. The first-order chi connectivity index (χ1) is 8.16. The molecule has 17 heavy (non-hydrogen) atoms. The van der Waals surface area contributed by atoms with Crippen LogP contribution in [-0.4, -0.2) is 15.9 Å². The molecule has 0 saturated carbocycles. The molecule has 1 N–H and O–H groups in total. The van der Waals surface area contributed by atoms with Crippen LogP contribution in [0.25, 0.3) is 0 Å². The summed E-state index contributed by atoms with van der Waals surface area (Å²) in [6.45, 7) is 0. The van der Waals surface area contributed by atoms with Crippen molar-refractivity contribution in [2.75, 3.05) is 5.32 Å². The van der Waals surface area contributed by atoms with Gasteiger partial charge in [-0.25, -0.2) is 9.97 Å². The maximum Gasteiger partial charge on any atom is 0.257 e. The average Bonchev–Trinajstić information content (AvgIpc) is 2.30. The van der Waals surface area contributed by atoms with E-state index < -0.39 is 0 Å². The maximum absolute atomic E-state index is 11.9. The molecule has 0 atom stereocenters. The Hall–Kier alpha value is -1.65. The zero-order valence-corrected chi connectivity index (χ0v) is 10.0. The number of carbonyl (C=O) groups excluding carboxylic acids is 1. The summed E-state index contributed by atoms with van der Waals surface area (Å²) in [7, 11) is 0. The first kappa shape index (κ1) is 11.8. The lowest BCUT2D eigenvalue weighted by molar-refractivity contribution is 0.102. The molecule has 0 spiro atoms. The van der Waals surface area contributed by atoms with Crippen molar-refractivity contribution in [3.05, 3.63) is 52.5 Å². The molecule has 4 nitrogen and oxygen atoms in total. The highest BCUT2D eigenvalue weighted by molar-refractivity contribution is 6.37. The molecule has 2 rings (SSSR count). The van der Waals surface area contributed by atoms with E-state index in [9.17, 15) is 4.79 Å². The third kappa shape index (κ3) is 2.93. The summed E-state index contributed by atoms with van der Waals surface area (Å²) < 4.78 is 0. The van der Waals surface area contributed by atoms with Crippen LogP contribution in [0.15, 0.2) is 36.9 Å². The van der Waals surface area contributed by atoms with Crippen LogP contribution in [0.4, 0.5) is 5.69 Å². The quantitative estimate of drug-likeness (QED) is 0.910. The Kier molecular flexibility index (Phi) is 3.56. The normalized spacial score (nSPS) is 10.0. The van der Waals surface area contributed by atoms with Gasteiger partial charge in [-0.15, -0.1) is 0 Å². The molecule has 86 valence electrons. The minimum absolute atomic E-state index is 0.298. The van der Waals surface area contributed by atoms with Gasteiger partial charge in [-0.1, -0.05) is 23.2 Å². The predicted octanol–water partition coefficient (Wildman–Crippen LogP) is 3.04. The summed E-state index contributed by atoms with van der Waals surface area (Å²) in [5.41, 5.74) is 0.850. The first-order valence-corrected chi connectivity index (χ1v) is 5.44. The van der Waals surface area contributed by atoms with E-state index in [2.05, 4.69) is 15.3 Å². The molecule has 0 saturated heterocycles. The number of hydrogen-bond donors (Lipinski definition) is 1. The van der Waals surface area contributed by atoms with Gasteiger partial charge >= 0.3 is 0 Å². The Morgan fingerprint density at radius 2 is 1.88 bits per heavy atom. The minimum atomic E-state index is -0.332. The monoisotopic (exact) mass is 267 g/mol. The van der Waals surface area contributed by atoms with Gasteiger partial charge in [0.05, 0.1) is 28.7 Å². The van der Waals surface area contributed by atoms with Gasteiger partial charge in [0.25, 0.3) is 5.91 Å². The molecule has 1 amide bonds. The molecule has 0 radical (unpaired) electrons. The van der Waals surface area contributed by atoms with Gasteiger partial charge in [0.1, 0.15) is 6.33 Å². The Balaban J connectivity index is 2.21. The summed E-state index contributed by atoms with van der Waals surface area (Å²) >= 11 is 11.7. The molecule has 0 aliphatic heterocycles. The number of amides is 1. The van der Waals surface area contributed by atoms with E-state index in [4.69, 9.17) is 23.2 Å². The third-order valence-corrected chi connectivity index (χ3v) is 2.54. The number of rotatable bonds is 2. The number of nitrogens with one attached hydrogen (secondary N) is 1. The van der Waals surface area contributed by atoms with E-state index in [1.807, 2.05) is 0 Å². The van der Waals surface area contributed by atoms with Crippen molar-refractivity contribution in [3.8, 4) is 0 Å². The number of anilines is 1. The van der Waals surface area contributed by atoms with E-state index in [0.29, 0.717) is 21.3 Å². The van der Waals surface area contributed by atoms with Gasteiger partial charge in [-0.05, 0) is 18.2 Å². The molecular formula is C11H7Cl2N3O. The molecule has 1 heterocycles. The summed E-state index contributed by atoms with van der Waals surface area (Å²) in [6, 6.07) is 4.67. The van der Waals surface area contributed by atoms with Crippen molar-refractivity contribution in [2.24, 2.45) is 0 Å². The molecule has 0 bridgehead atoms. The Morgan fingerprint density at radius 1 is 1.18 bits per heavy atom. The summed E-state index contributed by atoms with van der Waals surface area (Å²) in [5, 5.41) is 3.41. The molecule has 2 aromatic rings. The van der Waals surface area contributed by atoms with Crippen LogP contribution < -0.4 is 5.32 Å². The molecule has 0 unspecified atom stereocenters. The number of hydrogen-bond acceptors (Lipinski definition) is 3. The van der Waals surface area contributed by atoms with E-state index in [1.165, 1.54) is 24.8 Å². The second-order valence-corrected chi connectivity index (χ2v) is 4.05. The van der Waals surface area contributed by atoms with E-state index in [-0.39, 0.29) is 5.91 Å². The van der Waals surface area contributed by atoms with Gasteiger partial charge < -0.3 is 5.32 Å². The van der Waals surface area contributed by atoms with Crippen molar-refractivity contribution in [2.45, 2.75) is 0 Å². The van der Waals surface area contributed by atoms with Crippen molar-refractivity contribution in [1.82, 2.24) is 9.97 Å². The van der Waals surface area contributed by atoms with Crippen molar-refractivity contribution in [1.29, 1.82) is 0 Å². The zero-order valence-electron chi connectivity index (χ0n) is 8.52. The van der Waals surface area contributed by atoms with Crippen molar-refractivity contribution >= 4 is 34.8 Å². The Morgan fingerprint density at radius 3 is 2.53 bits per heavy atom. The molecule has 0 aliphatic rings. The van der Waals surface area contributed by atoms with Crippen LogP contribution in [-0.2, 0) is 0 Å². The summed E-state index contributed by atoms with van der Waals surface area (Å²) in [4.78, 5) is 19.4. The van der Waals surface area contributed by atoms with Crippen molar-refractivity contribution in [3.63, 3.8) is 0 Å². The number of halogens is 2. The van der Waals surface area contributed by atoms with Crippen LogP contribution in [0.2, 0.25) is 10.0 Å². The minimum Gasteiger partial charge on any atom is -0.319 e. The lowest BCUT2D eigenvalue weighted by Gasteiger charge is -2.05. The number of carbonyl (C=O) groups is 1. The average molecular weight is 268 g/mol. The molecular weight excluding hydrogens is 261 g/mol. The van der Waals surface area contributed by atoms with Crippen LogP contribution in [0.5, 0.6) is 0 Å². The molecule has 0 fully saturated rings. The second kappa shape index (κ2) is 5.12. The molecule has 0 aliphatic carbocycles. The fourth-order valence-electron chi connectivity index (χ4n) is 1.24. The van der Waals surface area contributed by atoms with Gasteiger partial charge in [0.2, 0.25) is 0 Å².